The predicted octanol–water partition coefficient (Wildman–Crippen LogP) is 4.89. The van der Waals surface area contributed by atoms with E-state index < -0.39 is 0 Å². The Morgan fingerprint density at radius 3 is 2.28 bits per heavy atom. The minimum Gasteiger partial charge on any atom is -0.337 e. The van der Waals surface area contributed by atoms with E-state index in [4.69, 9.17) is 5.73 Å². The van der Waals surface area contributed by atoms with Crippen molar-refractivity contribution in [2.75, 3.05) is 4.90 Å². The van der Waals surface area contributed by atoms with Crippen LogP contribution in [-0.4, -0.2) is 16.7 Å². The first-order valence-electron chi connectivity index (χ1n) is 9.16. The molecule has 3 heteroatoms. The van der Waals surface area contributed by atoms with E-state index in [1.165, 1.54) is 29.9 Å². The highest BCUT2D eigenvalue weighted by Gasteiger charge is 2.29. The summed E-state index contributed by atoms with van der Waals surface area (Å²) in [4.78, 5) is 2.44. The van der Waals surface area contributed by atoms with Gasteiger partial charge in [-0.05, 0) is 55.3 Å². The van der Waals surface area contributed by atoms with Crippen LogP contribution in [0.1, 0.15) is 25.7 Å². The number of hydrogen-bond acceptors (Lipinski definition) is 2. The number of benzene rings is 2. The van der Waals surface area contributed by atoms with Crippen LogP contribution < -0.4 is 10.6 Å². The Morgan fingerprint density at radius 2 is 1.52 bits per heavy atom. The molecule has 2 aromatic carbocycles. The van der Waals surface area contributed by atoms with Crippen LogP contribution in [0.2, 0.25) is 0 Å². The zero-order valence-corrected chi connectivity index (χ0v) is 14.5. The van der Waals surface area contributed by atoms with Crippen LogP contribution in [0.5, 0.6) is 0 Å². The largest absolute Gasteiger partial charge is 0.337 e. The third-order valence-electron chi connectivity index (χ3n) is 5.16. The lowest BCUT2D eigenvalue weighted by atomic mass is 9.89. The van der Waals surface area contributed by atoms with Crippen molar-refractivity contribution in [2.45, 2.75) is 37.8 Å². The Morgan fingerprint density at radius 1 is 0.800 bits per heavy atom. The molecule has 1 aromatic heterocycles. The molecule has 1 fully saturated rings. The molecule has 1 heterocycles. The highest BCUT2D eigenvalue weighted by molar-refractivity contribution is 5.66. The second-order valence-electron chi connectivity index (χ2n) is 6.83. The summed E-state index contributed by atoms with van der Waals surface area (Å²) in [6.07, 6.45) is 8.90. The molecule has 128 valence electrons. The summed E-state index contributed by atoms with van der Waals surface area (Å²) in [7, 11) is 0. The predicted molar refractivity (Wildman–Crippen MR) is 105 cm³/mol. The molecule has 1 saturated carbocycles. The van der Waals surface area contributed by atoms with Gasteiger partial charge in [0, 0.05) is 41.5 Å². The lowest BCUT2D eigenvalue weighted by Gasteiger charge is -2.40. The molecule has 4 rings (SSSR count). The van der Waals surface area contributed by atoms with Gasteiger partial charge in [0.15, 0.2) is 0 Å². The van der Waals surface area contributed by atoms with E-state index in [2.05, 4.69) is 88.6 Å². The Kier molecular flexibility index (Phi) is 4.57. The van der Waals surface area contributed by atoms with E-state index >= 15 is 0 Å². The van der Waals surface area contributed by atoms with Crippen LogP contribution in [0.25, 0.3) is 5.69 Å². The standard InChI is InChI=1S/C22H25N3/c23-21-13-4-5-14-22(21)25(18-9-2-1-3-10-18)20-12-8-11-19(17-20)24-15-6-7-16-24/h1-3,6-12,15-17,21-22H,4-5,13-14,23H2. The minimum atomic E-state index is 0.212. The van der Waals surface area contributed by atoms with Crippen molar-refractivity contribution in [1.82, 2.24) is 4.57 Å². The van der Waals surface area contributed by atoms with Gasteiger partial charge >= 0.3 is 0 Å². The van der Waals surface area contributed by atoms with Crippen molar-refractivity contribution in [3.8, 4) is 5.69 Å². The van der Waals surface area contributed by atoms with Crippen LogP contribution in [0.3, 0.4) is 0 Å². The Balaban J connectivity index is 1.77. The molecular weight excluding hydrogens is 306 g/mol. The number of rotatable bonds is 4. The average Bonchev–Trinajstić information content (AvgIpc) is 3.20. The van der Waals surface area contributed by atoms with Crippen LogP contribution in [0.15, 0.2) is 79.1 Å². The first kappa shape index (κ1) is 16.0. The number of hydrogen-bond donors (Lipinski definition) is 1. The van der Waals surface area contributed by atoms with E-state index in [-0.39, 0.29) is 6.04 Å². The van der Waals surface area contributed by atoms with Crippen LogP contribution in [0.4, 0.5) is 11.4 Å². The van der Waals surface area contributed by atoms with Gasteiger partial charge < -0.3 is 15.2 Å². The lowest BCUT2D eigenvalue weighted by Crippen LogP contribution is -2.47. The van der Waals surface area contributed by atoms with E-state index in [0.717, 1.165) is 12.8 Å². The van der Waals surface area contributed by atoms with Crippen LogP contribution in [-0.2, 0) is 0 Å². The molecular formula is C22H25N3. The number of para-hydroxylation sites is 1. The quantitative estimate of drug-likeness (QED) is 0.739. The molecule has 0 saturated heterocycles. The third kappa shape index (κ3) is 3.33. The maximum absolute atomic E-state index is 6.54. The van der Waals surface area contributed by atoms with E-state index in [1.54, 1.807) is 0 Å². The summed E-state index contributed by atoms with van der Waals surface area (Å²) >= 11 is 0. The third-order valence-corrected chi connectivity index (χ3v) is 5.16. The summed E-state index contributed by atoms with van der Waals surface area (Å²) in [5.41, 5.74) is 10.1. The highest BCUT2D eigenvalue weighted by atomic mass is 15.2. The van der Waals surface area contributed by atoms with Crippen LogP contribution >= 0.6 is 0 Å². The van der Waals surface area contributed by atoms with Crippen molar-refractivity contribution in [1.29, 1.82) is 0 Å². The molecule has 25 heavy (non-hydrogen) atoms. The fourth-order valence-corrected chi connectivity index (χ4v) is 3.89. The minimum absolute atomic E-state index is 0.212. The first-order valence-corrected chi connectivity index (χ1v) is 9.16. The summed E-state index contributed by atoms with van der Waals surface area (Å²) in [6, 6.07) is 24.0. The Hall–Kier alpha value is -2.52. The van der Waals surface area contributed by atoms with Gasteiger partial charge in [0.2, 0.25) is 0 Å². The van der Waals surface area contributed by atoms with Gasteiger partial charge in [-0.1, -0.05) is 37.1 Å². The van der Waals surface area contributed by atoms with Gasteiger partial charge in [0.05, 0.1) is 0 Å². The molecule has 1 aliphatic carbocycles. The van der Waals surface area contributed by atoms with Crippen molar-refractivity contribution < 1.29 is 0 Å². The molecule has 0 radical (unpaired) electrons. The summed E-state index contributed by atoms with van der Waals surface area (Å²) < 4.78 is 2.15. The van der Waals surface area contributed by atoms with Gasteiger partial charge in [0.1, 0.15) is 0 Å². The number of nitrogens with zero attached hydrogens (tertiary/aromatic N) is 2. The SMILES string of the molecule is NC1CCCCC1N(c1ccccc1)c1cccc(-n2cccc2)c1. The molecule has 0 aliphatic heterocycles. The zero-order valence-electron chi connectivity index (χ0n) is 14.5. The molecule has 0 amide bonds. The van der Waals surface area contributed by atoms with E-state index in [9.17, 15) is 0 Å². The summed E-state index contributed by atoms with van der Waals surface area (Å²) in [5.74, 6) is 0. The molecule has 1 aliphatic rings. The maximum atomic E-state index is 6.54. The summed E-state index contributed by atoms with van der Waals surface area (Å²) in [6.45, 7) is 0. The highest BCUT2D eigenvalue weighted by Crippen LogP contribution is 2.34. The molecule has 3 nitrogen and oxygen atoms in total. The molecule has 3 aromatic rings. The smallest absolute Gasteiger partial charge is 0.0493 e. The zero-order chi connectivity index (χ0) is 17.1. The average molecular weight is 331 g/mol. The fraction of sp³-hybridized carbons (Fsp3) is 0.273. The molecule has 2 unspecified atom stereocenters. The monoisotopic (exact) mass is 331 g/mol. The van der Waals surface area contributed by atoms with E-state index in [1.807, 2.05) is 0 Å². The fourth-order valence-electron chi connectivity index (χ4n) is 3.89. The van der Waals surface area contributed by atoms with Crippen molar-refractivity contribution in [3.05, 3.63) is 79.1 Å². The topological polar surface area (TPSA) is 34.2 Å². The Bertz CT molecular complexity index is 795. The van der Waals surface area contributed by atoms with Gasteiger partial charge in [-0.2, -0.15) is 0 Å². The maximum Gasteiger partial charge on any atom is 0.0493 e. The first-order chi connectivity index (χ1) is 12.3. The molecule has 0 spiro atoms. The van der Waals surface area contributed by atoms with Gasteiger partial charge in [-0.3, -0.25) is 0 Å². The molecule has 0 bridgehead atoms. The van der Waals surface area contributed by atoms with Gasteiger partial charge in [0.25, 0.3) is 0 Å². The van der Waals surface area contributed by atoms with E-state index in [0.29, 0.717) is 6.04 Å². The normalized spacial score (nSPS) is 20.4. The number of aromatic nitrogens is 1. The van der Waals surface area contributed by atoms with Gasteiger partial charge in [-0.25, -0.2) is 0 Å². The second kappa shape index (κ2) is 7.16. The molecule has 2 N–H and O–H groups in total. The number of anilines is 2. The number of nitrogens with two attached hydrogens (primary N) is 1. The lowest BCUT2D eigenvalue weighted by molar-refractivity contribution is 0.380. The Labute approximate surface area is 149 Å². The summed E-state index contributed by atoms with van der Waals surface area (Å²) in [5, 5.41) is 0. The van der Waals surface area contributed by atoms with Crippen molar-refractivity contribution >= 4 is 11.4 Å². The van der Waals surface area contributed by atoms with Crippen LogP contribution in [0, 0.1) is 0 Å². The molecule has 2 atom stereocenters. The van der Waals surface area contributed by atoms with Gasteiger partial charge in [-0.15, -0.1) is 0 Å². The van der Waals surface area contributed by atoms with Crippen molar-refractivity contribution in [2.24, 2.45) is 5.73 Å². The van der Waals surface area contributed by atoms with Crippen molar-refractivity contribution in [3.63, 3.8) is 0 Å². The second-order valence-corrected chi connectivity index (χ2v) is 6.83.